The van der Waals surface area contributed by atoms with Gasteiger partial charge in [-0.3, -0.25) is 4.57 Å². The van der Waals surface area contributed by atoms with Crippen molar-refractivity contribution in [3.05, 3.63) is 65.0 Å². The molecule has 34 heavy (non-hydrogen) atoms. The molecule has 1 saturated carbocycles. The van der Waals surface area contributed by atoms with Gasteiger partial charge in [0.15, 0.2) is 0 Å². The number of benzene rings is 2. The quantitative estimate of drug-likeness (QED) is 0.161. The van der Waals surface area contributed by atoms with Crippen molar-refractivity contribution in [2.24, 2.45) is 0 Å². The van der Waals surface area contributed by atoms with Crippen LogP contribution in [-0.2, 0) is 16.5 Å². The number of hydrogen-bond acceptors (Lipinski definition) is 3. The lowest BCUT2D eigenvalue weighted by molar-refractivity contribution is 0.371. The molecule has 0 amide bonds. The summed E-state index contributed by atoms with van der Waals surface area (Å²) in [6, 6.07) is 9.29. The van der Waals surface area contributed by atoms with Crippen LogP contribution in [0.15, 0.2) is 41.3 Å². The zero-order chi connectivity index (χ0) is 24.6. The molecule has 1 aliphatic rings. The number of nitrogens with one attached hydrogen (secondary N) is 1. The van der Waals surface area contributed by atoms with Gasteiger partial charge >= 0.3 is 7.60 Å². The largest absolute Gasteiger partial charge is 0.325 e. The van der Waals surface area contributed by atoms with Gasteiger partial charge in [0, 0.05) is 17.0 Å². The summed E-state index contributed by atoms with van der Waals surface area (Å²) in [4.78, 5) is 18.0. The maximum Gasteiger partial charge on any atom is 0.325 e. The van der Waals surface area contributed by atoms with Crippen LogP contribution in [0.1, 0.15) is 62.5 Å². The Morgan fingerprint density at radius 1 is 0.971 bits per heavy atom. The first-order valence-electron chi connectivity index (χ1n) is 11.8. The van der Waals surface area contributed by atoms with Gasteiger partial charge in [-0.15, -0.1) is 11.8 Å². The van der Waals surface area contributed by atoms with Gasteiger partial charge < -0.3 is 15.1 Å². The Hall–Kier alpha value is -1.31. The van der Waals surface area contributed by atoms with Crippen LogP contribution in [0.2, 0.25) is 0 Å². The van der Waals surface area contributed by atoms with E-state index < -0.39 is 19.2 Å². The molecule has 3 N–H and O–H groups in total. The Morgan fingerprint density at radius 2 is 1.68 bits per heavy atom. The summed E-state index contributed by atoms with van der Waals surface area (Å²) in [5.41, 5.74) is 1.51. The minimum absolute atomic E-state index is 0.0975. The van der Waals surface area contributed by atoms with E-state index in [0.29, 0.717) is 12.3 Å². The average molecular weight is 516 g/mol. The number of halogens is 3. The van der Waals surface area contributed by atoms with Crippen molar-refractivity contribution in [2.75, 3.05) is 18.5 Å². The summed E-state index contributed by atoms with van der Waals surface area (Å²) >= 11 is 1.31. The summed E-state index contributed by atoms with van der Waals surface area (Å²) in [6.45, 7) is 0.405. The molecule has 0 heterocycles. The lowest BCUT2D eigenvalue weighted by atomic mass is 9.75. The Morgan fingerprint density at radius 3 is 2.35 bits per heavy atom. The fourth-order valence-corrected chi connectivity index (χ4v) is 6.26. The predicted molar refractivity (Wildman–Crippen MR) is 131 cm³/mol. The second kappa shape index (κ2) is 12.6. The van der Waals surface area contributed by atoms with Gasteiger partial charge in [-0.1, -0.05) is 31.4 Å². The van der Waals surface area contributed by atoms with E-state index in [1.54, 1.807) is 0 Å². The van der Waals surface area contributed by atoms with Crippen molar-refractivity contribution in [2.45, 2.75) is 68.2 Å². The zero-order valence-corrected chi connectivity index (χ0v) is 21.0. The summed E-state index contributed by atoms with van der Waals surface area (Å²) < 4.78 is 53.1. The van der Waals surface area contributed by atoms with E-state index in [0.717, 1.165) is 32.1 Å². The molecule has 0 bridgehead atoms. The molecule has 0 saturated heterocycles. The third-order valence-corrected chi connectivity index (χ3v) is 8.56. The first-order valence-corrected chi connectivity index (χ1v) is 14.6. The van der Waals surface area contributed by atoms with Crippen molar-refractivity contribution in [1.82, 2.24) is 5.32 Å². The zero-order valence-electron chi connectivity index (χ0n) is 19.2. The Balaban J connectivity index is 1.44. The first-order chi connectivity index (χ1) is 16.2. The third kappa shape index (κ3) is 8.13. The molecule has 0 aromatic heterocycles. The Bertz CT molecular complexity index is 978. The summed E-state index contributed by atoms with van der Waals surface area (Å²) in [6.07, 6.45) is 7.48. The highest BCUT2D eigenvalue weighted by atomic mass is 32.2. The molecule has 0 atom stereocenters. The molecule has 3 rings (SSSR count). The highest BCUT2D eigenvalue weighted by molar-refractivity contribution is 7.99. The van der Waals surface area contributed by atoms with Crippen LogP contribution in [0.3, 0.4) is 0 Å². The molecule has 9 heteroatoms. The summed E-state index contributed by atoms with van der Waals surface area (Å²) in [5.74, 6) is -0.482. The monoisotopic (exact) mass is 515 g/mol. The van der Waals surface area contributed by atoms with Gasteiger partial charge in [-0.2, -0.15) is 0 Å². The van der Waals surface area contributed by atoms with Crippen LogP contribution in [0.25, 0.3) is 0 Å². The van der Waals surface area contributed by atoms with Crippen LogP contribution in [0.5, 0.6) is 0 Å². The minimum atomic E-state index is -4.04. The van der Waals surface area contributed by atoms with Gasteiger partial charge in [0.2, 0.25) is 0 Å². The van der Waals surface area contributed by atoms with Crippen molar-refractivity contribution in [1.29, 1.82) is 0 Å². The molecule has 0 aliphatic heterocycles. The number of unbranched alkanes of at least 4 members (excludes halogenated alkanes) is 1. The smallest absolute Gasteiger partial charge is 0.324 e. The molecule has 1 fully saturated rings. The van der Waals surface area contributed by atoms with Crippen molar-refractivity contribution < 1.29 is 27.5 Å². The average Bonchev–Trinajstić information content (AvgIpc) is 3.25. The van der Waals surface area contributed by atoms with Gasteiger partial charge in [-0.25, -0.2) is 13.2 Å². The lowest BCUT2D eigenvalue weighted by Gasteiger charge is -2.30. The van der Waals surface area contributed by atoms with Crippen LogP contribution in [0.4, 0.5) is 13.2 Å². The van der Waals surface area contributed by atoms with E-state index in [1.807, 2.05) is 12.1 Å². The summed E-state index contributed by atoms with van der Waals surface area (Å²) in [7, 11) is -4.04. The SMILES string of the molecule is O=P(O)(O)CCCNCc1cc(F)c(SCCCCC2(c3ccc(F)cc3)CCCC2)cc1F. The topological polar surface area (TPSA) is 69.6 Å². The maximum atomic E-state index is 14.5. The number of hydrogen-bond donors (Lipinski definition) is 3. The fourth-order valence-electron chi connectivity index (χ4n) is 4.73. The van der Waals surface area contributed by atoms with E-state index in [9.17, 15) is 17.7 Å². The van der Waals surface area contributed by atoms with E-state index in [2.05, 4.69) is 5.32 Å². The molecular weight excluding hydrogens is 482 g/mol. The van der Waals surface area contributed by atoms with Gasteiger partial charge in [0.05, 0.1) is 6.16 Å². The van der Waals surface area contributed by atoms with Crippen molar-refractivity contribution in [3.63, 3.8) is 0 Å². The molecule has 1 aliphatic carbocycles. The molecule has 0 radical (unpaired) electrons. The fraction of sp³-hybridized carbons (Fsp3) is 0.520. The molecule has 2 aromatic carbocycles. The summed E-state index contributed by atoms with van der Waals surface area (Å²) in [5, 5.41) is 2.89. The van der Waals surface area contributed by atoms with Crippen LogP contribution >= 0.6 is 19.4 Å². The van der Waals surface area contributed by atoms with E-state index in [-0.39, 0.29) is 40.8 Å². The van der Waals surface area contributed by atoms with Crippen LogP contribution in [0, 0.1) is 17.5 Å². The van der Waals surface area contributed by atoms with Gasteiger partial charge in [-0.05, 0) is 79.6 Å². The number of rotatable bonds is 13. The maximum absolute atomic E-state index is 14.5. The molecule has 0 spiro atoms. The first kappa shape index (κ1) is 27.3. The second-order valence-corrected chi connectivity index (χ2v) is 12.0. The van der Waals surface area contributed by atoms with E-state index in [1.165, 1.54) is 54.4 Å². The van der Waals surface area contributed by atoms with E-state index in [4.69, 9.17) is 9.79 Å². The second-order valence-electron chi connectivity index (χ2n) is 9.09. The molecule has 4 nitrogen and oxygen atoms in total. The van der Waals surface area contributed by atoms with Crippen LogP contribution < -0.4 is 5.32 Å². The van der Waals surface area contributed by atoms with Crippen molar-refractivity contribution in [3.8, 4) is 0 Å². The van der Waals surface area contributed by atoms with Gasteiger partial charge in [0.1, 0.15) is 17.5 Å². The molecular formula is C25H33F3NO3PS. The third-order valence-electron chi connectivity index (χ3n) is 6.54. The standard InChI is InChI=1S/C25H33F3NO3PS/c26-21-8-6-20(7-9-21)25(10-1-2-11-25)12-3-4-15-34-24-17-22(27)19(16-23(24)28)18-29-13-5-14-33(30,31)32/h6-9,16-17,29H,1-5,10-15,18H2,(H2,30,31,32). The highest BCUT2D eigenvalue weighted by Gasteiger charge is 2.34. The molecule has 188 valence electrons. The Labute approximate surface area is 203 Å². The Kier molecular flexibility index (Phi) is 10.1. The van der Waals surface area contributed by atoms with Gasteiger partial charge in [0.25, 0.3) is 0 Å². The predicted octanol–water partition coefficient (Wildman–Crippen LogP) is 6.54. The normalized spacial score (nSPS) is 15.7. The molecule has 0 unspecified atom stereocenters. The lowest BCUT2D eigenvalue weighted by Crippen LogP contribution is -2.22. The highest BCUT2D eigenvalue weighted by Crippen LogP contribution is 2.45. The van der Waals surface area contributed by atoms with Crippen molar-refractivity contribution >= 4 is 19.4 Å². The molecule has 2 aromatic rings. The minimum Gasteiger partial charge on any atom is -0.324 e. The van der Waals surface area contributed by atoms with E-state index >= 15 is 0 Å². The van der Waals surface area contributed by atoms with Crippen LogP contribution in [-0.4, -0.2) is 28.2 Å². The number of thioether (sulfide) groups is 1.